The maximum absolute atomic E-state index is 12.1. The summed E-state index contributed by atoms with van der Waals surface area (Å²) in [6, 6.07) is 0. The Balaban J connectivity index is 2.35. The molecule has 20 heavy (non-hydrogen) atoms. The Bertz CT molecular complexity index is 635. The molecule has 0 amide bonds. The molecular formula is C11H16N4O5. The van der Waals surface area contributed by atoms with E-state index in [4.69, 9.17) is 4.74 Å². The molecule has 1 atom stereocenters. The summed E-state index contributed by atoms with van der Waals surface area (Å²) in [6.07, 6.45) is -0.766. The molecular weight excluding hydrogens is 268 g/mol. The van der Waals surface area contributed by atoms with Gasteiger partial charge < -0.3 is 14.4 Å². The van der Waals surface area contributed by atoms with Gasteiger partial charge in [-0.2, -0.15) is 0 Å². The smallest absolute Gasteiger partial charge is 0.346 e. The van der Waals surface area contributed by atoms with Gasteiger partial charge in [0.05, 0.1) is 20.3 Å². The molecule has 2 rings (SSSR count). The second-order valence-electron chi connectivity index (χ2n) is 4.42. The van der Waals surface area contributed by atoms with Gasteiger partial charge in [-0.15, -0.1) is 5.10 Å². The van der Waals surface area contributed by atoms with Crippen molar-refractivity contribution >= 4 is 11.8 Å². The lowest BCUT2D eigenvalue weighted by Gasteiger charge is -2.31. The number of carbonyl (C=O) groups excluding carboxylic acids is 1. The first-order valence-electron chi connectivity index (χ1n) is 6.04. The fourth-order valence-corrected chi connectivity index (χ4v) is 2.00. The van der Waals surface area contributed by atoms with Crippen molar-refractivity contribution in [2.75, 3.05) is 31.7 Å². The van der Waals surface area contributed by atoms with Crippen LogP contribution in [-0.4, -0.2) is 53.2 Å². The topological polar surface area (TPSA) is 95.7 Å². The quantitative estimate of drug-likeness (QED) is 0.572. The van der Waals surface area contributed by atoms with Crippen LogP contribution in [0.4, 0.5) is 5.82 Å². The van der Waals surface area contributed by atoms with Crippen LogP contribution >= 0.6 is 0 Å². The lowest BCUT2D eigenvalue weighted by molar-refractivity contribution is -0.154. The molecule has 0 aliphatic carbocycles. The van der Waals surface area contributed by atoms with E-state index in [-0.39, 0.29) is 19.0 Å². The van der Waals surface area contributed by atoms with E-state index in [1.54, 1.807) is 4.90 Å². The van der Waals surface area contributed by atoms with Crippen LogP contribution in [0.2, 0.25) is 0 Å². The van der Waals surface area contributed by atoms with Crippen molar-refractivity contribution < 1.29 is 14.3 Å². The summed E-state index contributed by atoms with van der Waals surface area (Å²) in [5, 5.41) is 3.97. The first kappa shape index (κ1) is 14.3. The van der Waals surface area contributed by atoms with E-state index < -0.39 is 23.3 Å². The summed E-state index contributed by atoms with van der Waals surface area (Å²) < 4.78 is 12.0. The fraction of sp³-hybridized carbons (Fsp3) is 0.636. The standard InChI is InChI=1S/C11H16N4O5/c1-13-9(16)8(12-14(2)11(13)18)15-4-5-20-7(6-15)10(17)19-3/h7H,4-6H2,1-3H3. The van der Waals surface area contributed by atoms with Gasteiger partial charge in [0, 0.05) is 20.6 Å². The lowest BCUT2D eigenvalue weighted by Crippen LogP contribution is -2.51. The first-order chi connectivity index (χ1) is 9.45. The second kappa shape index (κ2) is 5.45. The summed E-state index contributed by atoms with van der Waals surface area (Å²) in [6.45, 7) is 0.842. The van der Waals surface area contributed by atoms with Gasteiger partial charge in [0.15, 0.2) is 6.10 Å². The zero-order valence-electron chi connectivity index (χ0n) is 11.5. The third kappa shape index (κ3) is 2.44. The minimum atomic E-state index is -0.766. The number of aryl methyl sites for hydroxylation is 1. The third-order valence-electron chi connectivity index (χ3n) is 3.13. The summed E-state index contributed by atoms with van der Waals surface area (Å²) in [4.78, 5) is 36.8. The molecule has 1 fully saturated rings. The predicted molar refractivity (Wildman–Crippen MR) is 68.7 cm³/mol. The lowest BCUT2D eigenvalue weighted by atomic mass is 10.3. The van der Waals surface area contributed by atoms with E-state index in [9.17, 15) is 14.4 Å². The van der Waals surface area contributed by atoms with Crippen molar-refractivity contribution in [1.82, 2.24) is 14.3 Å². The number of hydrogen-bond acceptors (Lipinski definition) is 7. The Hall–Kier alpha value is -2.16. The molecule has 1 aromatic heterocycles. The summed E-state index contributed by atoms with van der Waals surface area (Å²) in [7, 11) is 4.12. The molecule has 0 bridgehead atoms. The molecule has 1 aliphatic heterocycles. The van der Waals surface area contributed by atoms with Crippen LogP contribution in [0.25, 0.3) is 0 Å². The van der Waals surface area contributed by atoms with Crippen LogP contribution in [0, 0.1) is 0 Å². The highest BCUT2D eigenvalue weighted by molar-refractivity contribution is 5.75. The molecule has 0 N–H and O–H groups in total. The number of aromatic nitrogens is 3. The van der Waals surface area contributed by atoms with Crippen LogP contribution in [-0.2, 0) is 28.4 Å². The molecule has 9 nitrogen and oxygen atoms in total. The normalized spacial score (nSPS) is 18.9. The molecule has 0 radical (unpaired) electrons. The van der Waals surface area contributed by atoms with E-state index in [0.29, 0.717) is 6.54 Å². The highest BCUT2D eigenvalue weighted by Crippen LogP contribution is 2.11. The zero-order chi connectivity index (χ0) is 14.9. The average Bonchev–Trinajstić information content (AvgIpc) is 2.48. The van der Waals surface area contributed by atoms with E-state index in [0.717, 1.165) is 9.25 Å². The third-order valence-corrected chi connectivity index (χ3v) is 3.13. The molecule has 0 saturated carbocycles. The predicted octanol–water partition coefficient (Wildman–Crippen LogP) is -2.14. The highest BCUT2D eigenvalue weighted by Gasteiger charge is 2.30. The molecule has 1 aliphatic rings. The molecule has 2 heterocycles. The van der Waals surface area contributed by atoms with Crippen molar-refractivity contribution in [2.45, 2.75) is 6.10 Å². The number of methoxy groups -OCH3 is 1. The average molecular weight is 284 g/mol. The number of carbonyl (C=O) groups is 1. The zero-order valence-corrected chi connectivity index (χ0v) is 11.5. The summed E-state index contributed by atoms with van der Waals surface area (Å²) in [5.41, 5.74) is -1.00. The largest absolute Gasteiger partial charge is 0.467 e. The van der Waals surface area contributed by atoms with Crippen LogP contribution in [0.5, 0.6) is 0 Å². The van der Waals surface area contributed by atoms with Crippen molar-refractivity contribution in [1.29, 1.82) is 0 Å². The number of esters is 1. The number of nitrogens with zero attached hydrogens (tertiary/aromatic N) is 4. The number of ether oxygens (including phenoxy) is 2. The van der Waals surface area contributed by atoms with E-state index in [1.807, 2.05) is 0 Å². The van der Waals surface area contributed by atoms with Crippen LogP contribution in [0.3, 0.4) is 0 Å². The molecule has 1 saturated heterocycles. The molecule has 1 unspecified atom stereocenters. The van der Waals surface area contributed by atoms with Gasteiger partial charge in [0.1, 0.15) is 0 Å². The Morgan fingerprint density at radius 2 is 2.10 bits per heavy atom. The minimum absolute atomic E-state index is 0.117. The summed E-state index contributed by atoms with van der Waals surface area (Å²) >= 11 is 0. The summed E-state index contributed by atoms with van der Waals surface area (Å²) in [5.74, 6) is -0.386. The molecule has 9 heteroatoms. The van der Waals surface area contributed by atoms with Crippen LogP contribution < -0.4 is 16.1 Å². The van der Waals surface area contributed by atoms with Gasteiger partial charge in [0.25, 0.3) is 5.56 Å². The Morgan fingerprint density at radius 3 is 2.75 bits per heavy atom. The van der Waals surface area contributed by atoms with Gasteiger partial charge in [-0.05, 0) is 0 Å². The van der Waals surface area contributed by atoms with E-state index in [1.165, 1.54) is 21.2 Å². The molecule has 1 aromatic rings. The number of morpholine rings is 1. The van der Waals surface area contributed by atoms with Crippen molar-refractivity contribution in [2.24, 2.45) is 14.1 Å². The monoisotopic (exact) mass is 284 g/mol. The Kier molecular flexibility index (Phi) is 3.89. The fourth-order valence-electron chi connectivity index (χ4n) is 2.00. The Morgan fingerprint density at radius 1 is 1.40 bits per heavy atom. The molecule has 0 aromatic carbocycles. The van der Waals surface area contributed by atoms with Crippen LogP contribution in [0.15, 0.2) is 9.59 Å². The van der Waals surface area contributed by atoms with Crippen molar-refractivity contribution in [3.05, 3.63) is 20.8 Å². The highest BCUT2D eigenvalue weighted by atomic mass is 16.6. The number of anilines is 1. The second-order valence-corrected chi connectivity index (χ2v) is 4.42. The maximum atomic E-state index is 12.1. The van der Waals surface area contributed by atoms with Gasteiger partial charge in [-0.25, -0.2) is 14.3 Å². The van der Waals surface area contributed by atoms with Gasteiger partial charge in [-0.3, -0.25) is 9.36 Å². The molecule has 0 spiro atoms. The van der Waals surface area contributed by atoms with Gasteiger partial charge in [0.2, 0.25) is 5.82 Å². The van der Waals surface area contributed by atoms with Crippen molar-refractivity contribution in [3.63, 3.8) is 0 Å². The maximum Gasteiger partial charge on any atom is 0.346 e. The molecule has 110 valence electrons. The van der Waals surface area contributed by atoms with E-state index in [2.05, 4.69) is 9.84 Å². The van der Waals surface area contributed by atoms with Crippen LogP contribution in [0.1, 0.15) is 0 Å². The van der Waals surface area contributed by atoms with Gasteiger partial charge in [-0.1, -0.05) is 0 Å². The number of hydrogen-bond donors (Lipinski definition) is 0. The SMILES string of the molecule is COC(=O)C1CN(c2nn(C)c(=O)n(C)c2=O)CCO1. The Labute approximate surface area is 114 Å². The van der Waals surface area contributed by atoms with E-state index >= 15 is 0 Å². The number of rotatable bonds is 2. The van der Waals surface area contributed by atoms with Gasteiger partial charge >= 0.3 is 11.7 Å². The van der Waals surface area contributed by atoms with Crippen molar-refractivity contribution in [3.8, 4) is 0 Å². The first-order valence-corrected chi connectivity index (χ1v) is 6.04. The minimum Gasteiger partial charge on any atom is -0.467 e.